The van der Waals surface area contributed by atoms with Crippen molar-refractivity contribution in [1.29, 1.82) is 0 Å². The number of aliphatic hydroxyl groups excluding tert-OH is 1. The molecule has 0 aromatic rings. The SMILES string of the molecule is C.COCC1CC(O)CC(CN[C@@H](CN2CCC(C3CCC(Cl)CC3)CC2)C(C)C)C1.O.O.O. The minimum Gasteiger partial charge on any atom is -0.412 e. The molecule has 4 atom stereocenters. The predicted molar refractivity (Wildman–Crippen MR) is 144 cm³/mol. The second-order valence-corrected chi connectivity index (χ2v) is 11.6. The lowest BCUT2D eigenvalue weighted by atomic mass is 9.75. The van der Waals surface area contributed by atoms with E-state index in [4.69, 9.17) is 16.3 Å². The van der Waals surface area contributed by atoms with Crippen LogP contribution in [0.15, 0.2) is 0 Å². The molecule has 0 radical (unpaired) electrons. The summed E-state index contributed by atoms with van der Waals surface area (Å²) in [6.07, 6.45) is 10.8. The predicted octanol–water partition coefficient (Wildman–Crippen LogP) is 2.70. The summed E-state index contributed by atoms with van der Waals surface area (Å²) in [5.41, 5.74) is 0. The highest BCUT2D eigenvalue weighted by Gasteiger charge is 2.31. The van der Waals surface area contributed by atoms with Gasteiger partial charge in [0.2, 0.25) is 0 Å². The van der Waals surface area contributed by atoms with Crippen LogP contribution in [0.1, 0.15) is 79.1 Å². The van der Waals surface area contributed by atoms with Gasteiger partial charge >= 0.3 is 0 Å². The average Bonchev–Trinajstić information content (AvgIpc) is 2.72. The van der Waals surface area contributed by atoms with Gasteiger partial charge in [-0.15, -0.1) is 11.6 Å². The number of hydrogen-bond donors (Lipinski definition) is 2. The third kappa shape index (κ3) is 11.4. The average molecular weight is 513 g/mol. The number of nitrogens with zero attached hydrogens (tertiary/aromatic N) is 1. The molecule has 1 aliphatic heterocycles. The van der Waals surface area contributed by atoms with Crippen LogP contribution in [0.25, 0.3) is 0 Å². The third-order valence-electron chi connectivity index (χ3n) is 8.21. The summed E-state index contributed by atoms with van der Waals surface area (Å²) in [5, 5.41) is 14.6. The fourth-order valence-electron chi connectivity index (χ4n) is 6.33. The number of methoxy groups -OCH3 is 1. The fourth-order valence-corrected chi connectivity index (χ4v) is 6.58. The first-order chi connectivity index (χ1) is 14.4. The van der Waals surface area contributed by atoms with E-state index in [0.29, 0.717) is 29.2 Å². The molecule has 208 valence electrons. The number of rotatable bonds is 9. The zero-order valence-electron chi connectivity index (χ0n) is 21.2. The summed E-state index contributed by atoms with van der Waals surface area (Å²) in [6.45, 7) is 10.2. The van der Waals surface area contributed by atoms with Crippen LogP contribution in [0.4, 0.5) is 0 Å². The number of alkyl halides is 1. The van der Waals surface area contributed by atoms with Crippen LogP contribution in [-0.2, 0) is 4.74 Å². The van der Waals surface area contributed by atoms with Gasteiger partial charge < -0.3 is 36.5 Å². The van der Waals surface area contributed by atoms with Crippen LogP contribution in [0.5, 0.6) is 0 Å². The molecule has 0 amide bonds. The second-order valence-electron chi connectivity index (χ2n) is 11.0. The number of likely N-dealkylation sites (tertiary alicyclic amines) is 1. The van der Waals surface area contributed by atoms with Gasteiger partial charge in [-0.3, -0.25) is 0 Å². The number of nitrogens with one attached hydrogen (secondary N) is 1. The summed E-state index contributed by atoms with van der Waals surface area (Å²) in [6, 6.07) is 0.535. The first-order valence-corrected chi connectivity index (χ1v) is 13.1. The largest absolute Gasteiger partial charge is 0.412 e. The zero-order chi connectivity index (χ0) is 21.5. The smallest absolute Gasteiger partial charge is 0.0546 e. The molecule has 0 aromatic carbocycles. The highest BCUT2D eigenvalue weighted by atomic mass is 35.5. The van der Waals surface area contributed by atoms with Gasteiger partial charge in [0.1, 0.15) is 0 Å². The number of hydrogen-bond acceptors (Lipinski definition) is 4. The highest BCUT2D eigenvalue weighted by molar-refractivity contribution is 6.20. The number of aliphatic hydroxyl groups is 1. The molecule has 8 heteroatoms. The van der Waals surface area contributed by atoms with Crippen LogP contribution in [-0.4, -0.2) is 83.9 Å². The van der Waals surface area contributed by atoms with Crippen LogP contribution < -0.4 is 5.32 Å². The molecular weight excluding hydrogens is 456 g/mol. The molecular formula is C26H57ClN2O5. The molecule has 2 saturated carbocycles. The Morgan fingerprint density at radius 1 is 0.912 bits per heavy atom. The van der Waals surface area contributed by atoms with Crippen LogP contribution in [0, 0.1) is 29.6 Å². The first kappa shape index (κ1) is 36.2. The van der Waals surface area contributed by atoms with Crippen LogP contribution in [0.3, 0.4) is 0 Å². The summed E-state index contributed by atoms with van der Waals surface area (Å²) >= 11 is 6.31. The lowest BCUT2D eigenvalue weighted by molar-refractivity contribution is 0.0337. The normalized spacial score (nSPS) is 31.4. The highest BCUT2D eigenvalue weighted by Crippen LogP contribution is 2.37. The standard InChI is InChI=1S/C25H47ClN2O2.CH4.3H2O/c1-18(2)25(27-15-19-12-20(17-30-3)14-24(29)13-19)16-28-10-8-22(9-11-28)21-4-6-23(26)7-5-21;;;;/h18-25,27,29H,4-17H2,1-3H3;1H4;3*1H2/t19?,20?,21?,23?,24?,25-;;;;/m0..../s1. The maximum absolute atomic E-state index is 10.3. The molecule has 0 aromatic heterocycles. The van der Waals surface area contributed by atoms with Crippen molar-refractivity contribution >= 4 is 11.6 Å². The van der Waals surface area contributed by atoms with Gasteiger partial charge in [0.15, 0.2) is 0 Å². The molecule has 3 rings (SSSR count). The van der Waals surface area contributed by atoms with Crippen LogP contribution in [0.2, 0.25) is 0 Å². The van der Waals surface area contributed by atoms with Crippen molar-refractivity contribution in [3.63, 3.8) is 0 Å². The summed E-state index contributed by atoms with van der Waals surface area (Å²) in [7, 11) is 1.77. The minimum absolute atomic E-state index is 0. The summed E-state index contributed by atoms with van der Waals surface area (Å²) < 4.78 is 5.36. The third-order valence-corrected chi connectivity index (χ3v) is 8.64. The van der Waals surface area contributed by atoms with Gasteiger partial charge in [0.05, 0.1) is 6.10 Å². The Kier molecular flexibility index (Phi) is 19.5. The van der Waals surface area contributed by atoms with E-state index in [1.54, 1.807) is 7.11 Å². The van der Waals surface area contributed by atoms with Crippen molar-refractivity contribution in [1.82, 2.24) is 10.2 Å². The molecule has 34 heavy (non-hydrogen) atoms. The molecule has 2 aliphatic carbocycles. The molecule has 7 nitrogen and oxygen atoms in total. The second kappa shape index (κ2) is 18.3. The maximum atomic E-state index is 10.3. The molecule has 0 bridgehead atoms. The minimum atomic E-state index is -0.156. The summed E-state index contributed by atoms with van der Waals surface area (Å²) in [5.74, 6) is 3.56. The molecule has 3 fully saturated rings. The molecule has 0 spiro atoms. The van der Waals surface area contributed by atoms with E-state index >= 15 is 0 Å². The molecule has 1 heterocycles. The van der Waals surface area contributed by atoms with Gasteiger partial charge in [0.25, 0.3) is 0 Å². The lowest BCUT2D eigenvalue weighted by Gasteiger charge is -2.40. The van der Waals surface area contributed by atoms with Crippen molar-refractivity contribution in [3.8, 4) is 0 Å². The maximum Gasteiger partial charge on any atom is 0.0546 e. The fraction of sp³-hybridized carbons (Fsp3) is 1.00. The van der Waals surface area contributed by atoms with E-state index in [2.05, 4.69) is 24.1 Å². The van der Waals surface area contributed by atoms with Gasteiger partial charge in [-0.2, -0.15) is 0 Å². The van der Waals surface area contributed by atoms with Crippen molar-refractivity contribution in [3.05, 3.63) is 0 Å². The van der Waals surface area contributed by atoms with Gasteiger partial charge in [-0.25, -0.2) is 0 Å². The van der Waals surface area contributed by atoms with Crippen molar-refractivity contribution in [2.45, 2.75) is 96.6 Å². The Hall–Kier alpha value is 0.01000. The lowest BCUT2D eigenvalue weighted by Crippen LogP contribution is -2.49. The van der Waals surface area contributed by atoms with E-state index in [9.17, 15) is 5.11 Å². The van der Waals surface area contributed by atoms with E-state index < -0.39 is 0 Å². The van der Waals surface area contributed by atoms with E-state index in [1.165, 1.54) is 58.0 Å². The van der Waals surface area contributed by atoms with Gasteiger partial charge in [0, 0.05) is 31.7 Å². The Labute approximate surface area is 214 Å². The van der Waals surface area contributed by atoms with Gasteiger partial charge in [-0.1, -0.05) is 21.3 Å². The van der Waals surface area contributed by atoms with Crippen molar-refractivity contribution < 1.29 is 26.3 Å². The Morgan fingerprint density at radius 2 is 1.47 bits per heavy atom. The Morgan fingerprint density at radius 3 is 2.03 bits per heavy atom. The molecule has 3 unspecified atom stereocenters. The van der Waals surface area contributed by atoms with E-state index in [-0.39, 0.29) is 30.0 Å². The Bertz CT molecular complexity index is 486. The first-order valence-electron chi connectivity index (χ1n) is 12.7. The van der Waals surface area contributed by atoms with Crippen molar-refractivity contribution in [2.24, 2.45) is 29.6 Å². The number of piperidine rings is 1. The molecule has 3 aliphatic rings. The molecule has 8 N–H and O–H groups in total. The topological polar surface area (TPSA) is 139 Å². The number of halogens is 1. The zero-order valence-corrected chi connectivity index (χ0v) is 22.0. The Balaban J connectivity index is 0. The van der Waals surface area contributed by atoms with E-state index in [0.717, 1.165) is 44.4 Å². The monoisotopic (exact) mass is 512 g/mol. The molecule has 1 saturated heterocycles. The quantitative estimate of drug-likeness (QED) is 0.458. The van der Waals surface area contributed by atoms with Crippen molar-refractivity contribution in [2.75, 3.05) is 39.9 Å². The summed E-state index contributed by atoms with van der Waals surface area (Å²) in [4.78, 5) is 2.70. The van der Waals surface area contributed by atoms with E-state index in [1.807, 2.05) is 0 Å². The van der Waals surface area contributed by atoms with Crippen LogP contribution >= 0.6 is 11.6 Å². The van der Waals surface area contributed by atoms with Gasteiger partial charge in [-0.05, 0) is 107 Å². The number of ether oxygens (including phenoxy) is 1.